The summed E-state index contributed by atoms with van der Waals surface area (Å²) in [5, 5.41) is 6.80. The lowest BCUT2D eigenvalue weighted by molar-refractivity contribution is 0.0574. The summed E-state index contributed by atoms with van der Waals surface area (Å²) in [6, 6.07) is 0.339. The van der Waals surface area contributed by atoms with Gasteiger partial charge in [-0.1, -0.05) is 12.8 Å². The molecule has 0 unspecified atom stereocenters. The van der Waals surface area contributed by atoms with Crippen molar-refractivity contribution in [3.05, 3.63) is 0 Å². The van der Waals surface area contributed by atoms with E-state index in [0.29, 0.717) is 18.8 Å². The molecule has 1 aliphatic heterocycles. The molecule has 0 aromatic rings. The number of carbonyl (C=O) groups excluding carboxylic acids is 1. The van der Waals surface area contributed by atoms with Gasteiger partial charge in [0.1, 0.15) is 0 Å². The Balaban J connectivity index is 1.56. The summed E-state index contributed by atoms with van der Waals surface area (Å²) in [4.78, 5) is 17.8. The topological polar surface area (TPSA) is 75.2 Å². The number of piperidine rings is 1. The average molecular weight is 354 g/mol. The monoisotopic (exact) mass is 354 g/mol. The quantitative estimate of drug-likeness (QED) is 0.416. The first kappa shape index (κ1) is 19.8. The third-order valence-corrected chi connectivity index (χ3v) is 4.85. The number of rotatable bonds is 7. The van der Waals surface area contributed by atoms with Crippen LogP contribution in [0.4, 0.5) is 4.79 Å². The van der Waals surface area contributed by atoms with Gasteiger partial charge >= 0.3 is 6.09 Å². The lowest BCUT2D eigenvalue weighted by Crippen LogP contribution is -2.50. The smallest absolute Gasteiger partial charge is 0.409 e. The molecule has 0 aromatic carbocycles. The first-order chi connectivity index (χ1) is 12.2. The molecule has 25 heavy (non-hydrogen) atoms. The van der Waals surface area contributed by atoms with E-state index in [0.717, 1.165) is 51.5 Å². The van der Waals surface area contributed by atoms with Crippen LogP contribution in [0.3, 0.4) is 0 Å². The Labute approximate surface area is 151 Å². The van der Waals surface area contributed by atoms with Gasteiger partial charge in [-0.15, -0.1) is 0 Å². The highest BCUT2D eigenvalue weighted by molar-refractivity contribution is 5.80. The van der Waals surface area contributed by atoms with Gasteiger partial charge in [0.2, 0.25) is 0 Å². The Morgan fingerprint density at radius 3 is 2.56 bits per heavy atom. The number of hydrogen-bond donors (Lipinski definition) is 2. The Hall–Kier alpha value is -1.50. The summed E-state index contributed by atoms with van der Waals surface area (Å²) < 4.78 is 10.9. The van der Waals surface area contributed by atoms with Crippen LogP contribution in [0.1, 0.15) is 51.9 Å². The molecule has 7 nitrogen and oxygen atoms in total. The average Bonchev–Trinajstić information content (AvgIpc) is 3.14. The van der Waals surface area contributed by atoms with Gasteiger partial charge in [-0.25, -0.2) is 4.79 Å². The number of nitrogens with zero attached hydrogens (tertiary/aromatic N) is 2. The van der Waals surface area contributed by atoms with Gasteiger partial charge in [0, 0.05) is 39.3 Å². The number of carbonyl (C=O) groups is 1. The van der Waals surface area contributed by atoms with E-state index in [1.54, 1.807) is 11.9 Å². The maximum absolute atomic E-state index is 11.7. The summed E-state index contributed by atoms with van der Waals surface area (Å²) in [6.07, 6.45) is 8.16. The molecule has 1 aliphatic carbocycles. The number of hydrogen-bond acceptors (Lipinski definition) is 4. The third kappa shape index (κ3) is 7.10. The number of nitrogens with one attached hydrogen (secondary N) is 2. The highest BCUT2D eigenvalue weighted by Crippen LogP contribution is 2.20. The van der Waals surface area contributed by atoms with Crippen LogP contribution in [0.5, 0.6) is 0 Å². The van der Waals surface area contributed by atoms with E-state index in [1.807, 2.05) is 6.92 Å². The van der Waals surface area contributed by atoms with Crippen molar-refractivity contribution in [2.45, 2.75) is 64.0 Å². The van der Waals surface area contributed by atoms with Gasteiger partial charge in [-0.3, -0.25) is 4.99 Å². The molecular formula is C18H34N4O3. The normalized spacial score (nSPS) is 19.9. The number of guanidine groups is 1. The SMILES string of the molecule is CCOC(=O)N1CCC(NC(=NC)NCCCOC2CCCC2)CC1. The number of amides is 1. The highest BCUT2D eigenvalue weighted by Gasteiger charge is 2.24. The molecule has 2 aliphatic rings. The Morgan fingerprint density at radius 2 is 1.92 bits per heavy atom. The first-order valence-corrected chi connectivity index (χ1v) is 9.73. The number of likely N-dealkylation sites (tertiary alicyclic amines) is 1. The third-order valence-electron chi connectivity index (χ3n) is 4.85. The minimum atomic E-state index is -0.203. The van der Waals surface area contributed by atoms with E-state index in [-0.39, 0.29) is 6.09 Å². The number of aliphatic imine (C=N–C) groups is 1. The van der Waals surface area contributed by atoms with Crippen molar-refractivity contribution in [3.63, 3.8) is 0 Å². The maximum atomic E-state index is 11.7. The first-order valence-electron chi connectivity index (χ1n) is 9.73. The zero-order valence-electron chi connectivity index (χ0n) is 15.8. The molecule has 2 rings (SSSR count). The predicted molar refractivity (Wildman–Crippen MR) is 98.9 cm³/mol. The van der Waals surface area contributed by atoms with E-state index in [1.165, 1.54) is 25.7 Å². The largest absolute Gasteiger partial charge is 0.450 e. The molecule has 0 bridgehead atoms. The summed E-state index contributed by atoms with van der Waals surface area (Å²) in [5.74, 6) is 0.829. The molecule has 2 N–H and O–H groups in total. The Kier molecular flexibility index (Phi) is 8.86. The zero-order chi connectivity index (χ0) is 17.9. The second-order valence-electron chi connectivity index (χ2n) is 6.73. The van der Waals surface area contributed by atoms with E-state index < -0.39 is 0 Å². The van der Waals surface area contributed by atoms with E-state index in [2.05, 4.69) is 15.6 Å². The van der Waals surface area contributed by atoms with Crippen LogP contribution in [0.2, 0.25) is 0 Å². The standard InChI is InChI=1S/C18H34N4O3/c1-3-24-18(23)22-12-9-15(10-13-22)21-17(19-2)20-11-6-14-25-16-7-4-5-8-16/h15-16H,3-14H2,1-2H3,(H2,19,20,21). The molecule has 1 heterocycles. The van der Waals surface area contributed by atoms with Gasteiger partial charge in [0.15, 0.2) is 5.96 Å². The van der Waals surface area contributed by atoms with Crippen LogP contribution in [-0.4, -0.2) is 69.0 Å². The summed E-state index contributed by atoms with van der Waals surface area (Å²) in [6.45, 7) is 5.38. The lowest BCUT2D eigenvalue weighted by atomic mass is 10.1. The molecular weight excluding hydrogens is 320 g/mol. The highest BCUT2D eigenvalue weighted by atomic mass is 16.6. The van der Waals surface area contributed by atoms with Crippen LogP contribution < -0.4 is 10.6 Å². The molecule has 144 valence electrons. The minimum absolute atomic E-state index is 0.203. The van der Waals surface area contributed by atoms with Gasteiger partial charge < -0.3 is 25.0 Å². The van der Waals surface area contributed by atoms with Gasteiger partial charge in [0.05, 0.1) is 12.7 Å². The van der Waals surface area contributed by atoms with Crippen molar-refractivity contribution >= 4 is 12.1 Å². The summed E-state index contributed by atoms with van der Waals surface area (Å²) in [7, 11) is 1.79. The van der Waals surface area contributed by atoms with Gasteiger partial charge in [-0.05, 0) is 39.0 Å². The molecule has 0 aromatic heterocycles. The van der Waals surface area contributed by atoms with Crippen molar-refractivity contribution in [1.82, 2.24) is 15.5 Å². The van der Waals surface area contributed by atoms with Crippen LogP contribution in [0, 0.1) is 0 Å². The van der Waals surface area contributed by atoms with Gasteiger partial charge in [-0.2, -0.15) is 0 Å². The van der Waals surface area contributed by atoms with Crippen LogP contribution in [0.25, 0.3) is 0 Å². The minimum Gasteiger partial charge on any atom is -0.450 e. The number of ether oxygens (including phenoxy) is 2. The Morgan fingerprint density at radius 1 is 1.20 bits per heavy atom. The summed E-state index contributed by atoms with van der Waals surface area (Å²) >= 11 is 0. The van der Waals surface area contributed by atoms with Crippen molar-refractivity contribution < 1.29 is 14.3 Å². The second-order valence-corrected chi connectivity index (χ2v) is 6.73. The molecule has 0 spiro atoms. The van der Waals surface area contributed by atoms with Crippen LogP contribution in [-0.2, 0) is 9.47 Å². The van der Waals surface area contributed by atoms with Crippen molar-refractivity contribution in [1.29, 1.82) is 0 Å². The van der Waals surface area contributed by atoms with E-state index in [9.17, 15) is 4.79 Å². The van der Waals surface area contributed by atoms with Crippen molar-refractivity contribution in [3.8, 4) is 0 Å². The van der Waals surface area contributed by atoms with Crippen molar-refractivity contribution in [2.24, 2.45) is 4.99 Å². The fourth-order valence-electron chi connectivity index (χ4n) is 3.39. The molecule has 0 atom stereocenters. The maximum Gasteiger partial charge on any atom is 0.409 e. The molecule has 1 amide bonds. The van der Waals surface area contributed by atoms with E-state index >= 15 is 0 Å². The fourth-order valence-corrected chi connectivity index (χ4v) is 3.39. The van der Waals surface area contributed by atoms with E-state index in [4.69, 9.17) is 9.47 Å². The van der Waals surface area contributed by atoms with Crippen LogP contribution >= 0.6 is 0 Å². The summed E-state index contributed by atoms with van der Waals surface area (Å²) in [5.41, 5.74) is 0. The molecule has 0 radical (unpaired) electrons. The molecule has 1 saturated heterocycles. The molecule has 2 fully saturated rings. The van der Waals surface area contributed by atoms with Crippen molar-refractivity contribution in [2.75, 3.05) is 39.9 Å². The fraction of sp³-hybridized carbons (Fsp3) is 0.889. The Bertz CT molecular complexity index is 417. The molecule has 1 saturated carbocycles. The second kappa shape index (κ2) is 11.2. The van der Waals surface area contributed by atoms with Crippen LogP contribution in [0.15, 0.2) is 4.99 Å². The zero-order valence-corrected chi connectivity index (χ0v) is 15.8. The van der Waals surface area contributed by atoms with Gasteiger partial charge in [0.25, 0.3) is 0 Å². The predicted octanol–water partition coefficient (Wildman–Crippen LogP) is 2.12. The lowest BCUT2D eigenvalue weighted by Gasteiger charge is -2.32. The molecule has 7 heteroatoms.